The summed E-state index contributed by atoms with van der Waals surface area (Å²) in [5, 5.41) is 9.44. The fourth-order valence-electron chi connectivity index (χ4n) is 2.54. The normalized spacial score (nSPS) is 17.8. The average molecular weight is 239 g/mol. The molecule has 1 heterocycles. The van der Waals surface area contributed by atoms with Crippen LogP contribution in [0.4, 0.5) is 0 Å². The van der Waals surface area contributed by atoms with Crippen molar-refractivity contribution in [1.82, 2.24) is 4.98 Å². The molecule has 3 heteroatoms. The second-order valence-electron chi connectivity index (χ2n) is 4.67. The maximum atomic E-state index is 12.2. The molecule has 1 aromatic heterocycles. The van der Waals surface area contributed by atoms with Crippen molar-refractivity contribution in [2.75, 3.05) is 0 Å². The topological polar surface area (TPSA) is 50.2 Å². The molecular weight excluding hydrogens is 226 g/mol. The van der Waals surface area contributed by atoms with Crippen LogP contribution in [0.15, 0.2) is 42.7 Å². The Morgan fingerprint density at radius 1 is 1.22 bits per heavy atom. The number of hydrogen-bond donors (Lipinski definition) is 1. The largest absolute Gasteiger partial charge is 0.508 e. The number of benzene rings is 1. The number of phenolic OH excluding ortho intramolecular Hbond substituents is 1. The summed E-state index contributed by atoms with van der Waals surface area (Å²) in [6.45, 7) is 0. The van der Waals surface area contributed by atoms with Gasteiger partial charge in [-0.3, -0.25) is 9.78 Å². The van der Waals surface area contributed by atoms with E-state index in [9.17, 15) is 9.90 Å². The molecule has 0 bridgehead atoms. The number of pyridine rings is 1. The number of phenols is 1. The van der Waals surface area contributed by atoms with E-state index in [1.165, 1.54) is 0 Å². The second-order valence-corrected chi connectivity index (χ2v) is 4.67. The quantitative estimate of drug-likeness (QED) is 0.875. The molecule has 90 valence electrons. The van der Waals surface area contributed by atoms with Crippen LogP contribution in [-0.4, -0.2) is 15.9 Å². The van der Waals surface area contributed by atoms with E-state index in [-0.39, 0.29) is 17.5 Å². The summed E-state index contributed by atoms with van der Waals surface area (Å²) in [7, 11) is 0. The van der Waals surface area contributed by atoms with Gasteiger partial charge < -0.3 is 5.11 Å². The molecule has 1 N–H and O–H groups in total. The Morgan fingerprint density at radius 3 is 2.78 bits per heavy atom. The molecule has 1 aliphatic carbocycles. The number of fused-ring (bicyclic) bond motifs is 1. The molecule has 0 saturated carbocycles. The van der Waals surface area contributed by atoms with Crippen molar-refractivity contribution in [3.8, 4) is 5.75 Å². The summed E-state index contributed by atoms with van der Waals surface area (Å²) in [5.41, 5.74) is 2.84. The van der Waals surface area contributed by atoms with E-state index in [1.807, 2.05) is 12.1 Å². The van der Waals surface area contributed by atoms with Crippen molar-refractivity contribution >= 4 is 5.78 Å². The lowest BCUT2D eigenvalue weighted by atomic mass is 9.96. The molecule has 0 amide bonds. The summed E-state index contributed by atoms with van der Waals surface area (Å²) >= 11 is 0. The van der Waals surface area contributed by atoms with Gasteiger partial charge in [0.2, 0.25) is 0 Å². The van der Waals surface area contributed by atoms with E-state index >= 15 is 0 Å². The smallest absolute Gasteiger partial charge is 0.166 e. The van der Waals surface area contributed by atoms with Gasteiger partial charge in [-0.05, 0) is 54.3 Å². The molecule has 1 atom stereocenters. The van der Waals surface area contributed by atoms with Crippen LogP contribution in [0, 0.1) is 5.92 Å². The first kappa shape index (κ1) is 11.0. The summed E-state index contributed by atoms with van der Waals surface area (Å²) in [5.74, 6) is 0.400. The van der Waals surface area contributed by atoms with Crippen molar-refractivity contribution in [2.45, 2.75) is 12.8 Å². The summed E-state index contributed by atoms with van der Waals surface area (Å²) < 4.78 is 0. The second kappa shape index (κ2) is 4.26. The lowest BCUT2D eigenvalue weighted by Crippen LogP contribution is -2.12. The van der Waals surface area contributed by atoms with Gasteiger partial charge in [-0.1, -0.05) is 0 Å². The van der Waals surface area contributed by atoms with E-state index in [0.717, 1.165) is 23.1 Å². The third kappa shape index (κ3) is 1.88. The third-order valence-corrected chi connectivity index (χ3v) is 3.42. The zero-order chi connectivity index (χ0) is 12.5. The predicted octanol–water partition coefficient (Wildman–Crippen LogP) is 2.38. The molecule has 1 aromatic carbocycles. The van der Waals surface area contributed by atoms with Gasteiger partial charge in [0.05, 0.1) is 0 Å². The van der Waals surface area contributed by atoms with Crippen LogP contribution in [0.5, 0.6) is 5.75 Å². The molecule has 3 rings (SSSR count). The standard InChI is InChI=1S/C15H13NO2/c17-13-1-2-14-11(9-13)8-12(15(14)18)7-10-3-5-16-6-4-10/h1-6,9,12,17H,7-8H2/t12-/m0/s1. The first-order valence-electron chi connectivity index (χ1n) is 5.99. The average Bonchev–Trinajstić information content (AvgIpc) is 2.67. The first-order chi connectivity index (χ1) is 8.74. The number of Topliss-reactive ketones (excluding diaryl/α,β-unsaturated/α-hetero) is 1. The van der Waals surface area contributed by atoms with E-state index in [1.54, 1.807) is 30.6 Å². The SMILES string of the molecule is O=C1c2ccc(O)cc2C[C@@H]1Cc1ccncc1. The van der Waals surface area contributed by atoms with E-state index in [4.69, 9.17) is 0 Å². The van der Waals surface area contributed by atoms with Crippen molar-refractivity contribution in [3.05, 3.63) is 59.4 Å². The number of carbonyl (C=O) groups excluding carboxylic acids is 1. The minimum atomic E-state index is -0.0100. The molecule has 1 aliphatic rings. The van der Waals surface area contributed by atoms with Crippen molar-refractivity contribution in [2.24, 2.45) is 5.92 Å². The monoisotopic (exact) mass is 239 g/mol. The Labute approximate surface area is 105 Å². The molecule has 3 nitrogen and oxygen atoms in total. The number of nitrogens with zero attached hydrogens (tertiary/aromatic N) is 1. The van der Waals surface area contributed by atoms with Crippen molar-refractivity contribution < 1.29 is 9.90 Å². The highest BCUT2D eigenvalue weighted by Crippen LogP contribution is 2.31. The van der Waals surface area contributed by atoms with Gasteiger partial charge >= 0.3 is 0 Å². The fourth-order valence-corrected chi connectivity index (χ4v) is 2.54. The van der Waals surface area contributed by atoms with Crippen LogP contribution in [0.25, 0.3) is 0 Å². The van der Waals surface area contributed by atoms with Crippen LogP contribution in [-0.2, 0) is 12.8 Å². The summed E-state index contributed by atoms with van der Waals surface area (Å²) in [6, 6.07) is 8.87. The maximum Gasteiger partial charge on any atom is 0.166 e. The van der Waals surface area contributed by atoms with Gasteiger partial charge in [-0.15, -0.1) is 0 Å². The van der Waals surface area contributed by atoms with E-state index in [0.29, 0.717) is 6.42 Å². The molecule has 0 spiro atoms. The molecule has 0 radical (unpaired) electrons. The highest BCUT2D eigenvalue weighted by atomic mass is 16.3. The number of carbonyl (C=O) groups is 1. The Hall–Kier alpha value is -2.16. The molecule has 0 unspecified atom stereocenters. The van der Waals surface area contributed by atoms with E-state index < -0.39 is 0 Å². The van der Waals surface area contributed by atoms with Gasteiger partial charge in [0.25, 0.3) is 0 Å². The summed E-state index contributed by atoms with van der Waals surface area (Å²) in [6.07, 6.45) is 4.93. The van der Waals surface area contributed by atoms with Crippen LogP contribution < -0.4 is 0 Å². The van der Waals surface area contributed by atoms with Gasteiger partial charge in [-0.25, -0.2) is 0 Å². The van der Waals surface area contributed by atoms with Crippen LogP contribution in [0.2, 0.25) is 0 Å². The van der Waals surface area contributed by atoms with Crippen molar-refractivity contribution in [1.29, 1.82) is 0 Å². The van der Waals surface area contributed by atoms with Gasteiger partial charge in [0, 0.05) is 23.9 Å². The van der Waals surface area contributed by atoms with Gasteiger partial charge in [-0.2, -0.15) is 0 Å². The third-order valence-electron chi connectivity index (χ3n) is 3.42. The number of hydrogen-bond acceptors (Lipinski definition) is 3. The predicted molar refractivity (Wildman–Crippen MR) is 67.6 cm³/mol. The van der Waals surface area contributed by atoms with Crippen LogP contribution >= 0.6 is 0 Å². The molecular formula is C15H13NO2. The number of aromatic nitrogens is 1. The molecule has 0 fully saturated rings. The Kier molecular flexibility index (Phi) is 2.59. The van der Waals surface area contributed by atoms with Gasteiger partial charge in [0.15, 0.2) is 5.78 Å². The van der Waals surface area contributed by atoms with Gasteiger partial charge in [0.1, 0.15) is 5.75 Å². The molecule has 0 aliphatic heterocycles. The van der Waals surface area contributed by atoms with E-state index in [2.05, 4.69) is 4.98 Å². The fraction of sp³-hybridized carbons (Fsp3) is 0.200. The maximum absolute atomic E-state index is 12.2. The number of rotatable bonds is 2. The molecule has 2 aromatic rings. The zero-order valence-electron chi connectivity index (χ0n) is 9.84. The highest BCUT2D eigenvalue weighted by Gasteiger charge is 2.30. The Bertz CT molecular complexity index is 593. The number of ketones is 1. The lowest BCUT2D eigenvalue weighted by molar-refractivity contribution is 0.0936. The molecule has 0 saturated heterocycles. The number of aromatic hydroxyl groups is 1. The van der Waals surface area contributed by atoms with Crippen LogP contribution in [0.3, 0.4) is 0 Å². The Balaban J connectivity index is 1.84. The lowest BCUT2D eigenvalue weighted by Gasteiger charge is -2.07. The Morgan fingerprint density at radius 2 is 2.00 bits per heavy atom. The van der Waals surface area contributed by atoms with Crippen LogP contribution in [0.1, 0.15) is 21.5 Å². The summed E-state index contributed by atoms with van der Waals surface area (Å²) in [4.78, 5) is 16.2. The zero-order valence-corrected chi connectivity index (χ0v) is 9.84. The minimum absolute atomic E-state index is 0.0100. The van der Waals surface area contributed by atoms with Crippen molar-refractivity contribution in [3.63, 3.8) is 0 Å². The first-order valence-corrected chi connectivity index (χ1v) is 5.99. The highest BCUT2D eigenvalue weighted by molar-refractivity contribution is 6.02. The molecule has 18 heavy (non-hydrogen) atoms. The minimum Gasteiger partial charge on any atom is -0.508 e.